The summed E-state index contributed by atoms with van der Waals surface area (Å²) in [5.74, 6) is -1.70. The number of nitrogens with zero attached hydrogens (tertiary/aromatic N) is 1. The average Bonchev–Trinajstić information content (AvgIpc) is 2.62. The Kier molecular flexibility index (Phi) is 6.90. The number of halogens is 1. The summed E-state index contributed by atoms with van der Waals surface area (Å²) >= 11 is 0. The number of aromatic carboxylic acids is 1. The number of carboxylic acid groups (broad SMARTS) is 1. The fourth-order valence-corrected chi connectivity index (χ4v) is 2.73. The first-order chi connectivity index (χ1) is 12.8. The molecule has 1 atom stereocenters. The van der Waals surface area contributed by atoms with E-state index in [0.29, 0.717) is 12.1 Å². The molecule has 144 valence electrons. The van der Waals surface area contributed by atoms with Crippen LogP contribution in [0, 0.1) is 5.82 Å². The Hall–Kier alpha value is -2.93. The Labute approximate surface area is 157 Å². The maximum absolute atomic E-state index is 13.7. The smallest absolute Gasteiger partial charge is 0.338 e. The van der Waals surface area contributed by atoms with Crippen molar-refractivity contribution < 1.29 is 23.8 Å². The summed E-state index contributed by atoms with van der Waals surface area (Å²) in [7, 11) is 5.44. The lowest BCUT2D eigenvalue weighted by Crippen LogP contribution is -2.35. The molecule has 2 aromatic rings. The lowest BCUT2D eigenvalue weighted by molar-refractivity contribution is -0.120. The molecule has 2 rings (SSSR count). The SMILES string of the molecule is COc1ccc(C(CNC(=O)Cc2ccc(C(=O)O)c(F)c2)N(C)C)cc1. The number of benzene rings is 2. The number of hydrogen-bond donors (Lipinski definition) is 2. The maximum atomic E-state index is 13.7. The molecule has 0 aliphatic heterocycles. The fourth-order valence-electron chi connectivity index (χ4n) is 2.73. The Bertz CT molecular complexity index is 806. The van der Waals surface area contributed by atoms with Crippen LogP contribution in [-0.4, -0.2) is 49.6 Å². The van der Waals surface area contributed by atoms with Crippen molar-refractivity contribution in [3.8, 4) is 5.75 Å². The van der Waals surface area contributed by atoms with Crippen molar-refractivity contribution in [2.24, 2.45) is 0 Å². The van der Waals surface area contributed by atoms with E-state index in [1.165, 1.54) is 12.1 Å². The molecule has 2 aromatic carbocycles. The highest BCUT2D eigenvalue weighted by atomic mass is 19.1. The van der Waals surface area contributed by atoms with E-state index in [4.69, 9.17) is 9.84 Å². The largest absolute Gasteiger partial charge is 0.497 e. The minimum Gasteiger partial charge on any atom is -0.497 e. The third-order valence-corrected chi connectivity index (χ3v) is 4.25. The van der Waals surface area contributed by atoms with E-state index in [1.807, 2.05) is 43.3 Å². The molecule has 1 unspecified atom stereocenters. The second-order valence-corrected chi connectivity index (χ2v) is 6.35. The second kappa shape index (κ2) is 9.14. The van der Waals surface area contributed by atoms with Gasteiger partial charge in [-0.1, -0.05) is 18.2 Å². The topological polar surface area (TPSA) is 78.9 Å². The third-order valence-electron chi connectivity index (χ3n) is 4.25. The number of methoxy groups -OCH3 is 1. The highest BCUT2D eigenvalue weighted by Crippen LogP contribution is 2.20. The van der Waals surface area contributed by atoms with Gasteiger partial charge in [0.2, 0.25) is 5.91 Å². The number of hydrogen-bond acceptors (Lipinski definition) is 4. The van der Waals surface area contributed by atoms with Gasteiger partial charge >= 0.3 is 5.97 Å². The number of carbonyl (C=O) groups excluding carboxylic acids is 1. The van der Waals surface area contributed by atoms with E-state index in [9.17, 15) is 14.0 Å². The summed E-state index contributed by atoms with van der Waals surface area (Å²) in [6.45, 7) is 0.383. The van der Waals surface area contributed by atoms with Crippen molar-refractivity contribution in [3.05, 3.63) is 65.0 Å². The lowest BCUT2D eigenvalue weighted by Gasteiger charge is -2.25. The Morgan fingerprint density at radius 3 is 2.37 bits per heavy atom. The highest BCUT2D eigenvalue weighted by molar-refractivity contribution is 5.88. The molecule has 0 spiro atoms. The zero-order valence-electron chi connectivity index (χ0n) is 15.5. The zero-order chi connectivity index (χ0) is 20.0. The fraction of sp³-hybridized carbons (Fsp3) is 0.300. The number of carboxylic acids is 1. The van der Waals surface area contributed by atoms with Gasteiger partial charge in [-0.3, -0.25) is 4.79 Å². The summed E-state index contributed by atoms with van der Waals surface area (Å²) in [5, 5.41) is 11.7. The van der Waals surface area contributed by atoms with Crippen molar-refractivity contribution in [3.63, 3.8) is 0 Å². The molecule has 0 saturated carbocycles. The van der Waals surface area contributed by atoms with Crippen LogP contribution in [0.5, 0.6) is 5.75 Å². The zero-order valence-corrected chi connectivity index (χ0v) is 15.5. The molecule has 0 radical (unpaired) electrons. The molecular weight excluding hydrogens is 351 g/mol. The van der Waals surface area contributed by atoms with E-state index >= 15 is 0 Å². The number of nitrogens with one attached hydrogen (secondary N) is 1. The number of amides is 1. The first-order valence-corrected chi connectivity index (χ1v) is 8.40. The quantitative estimate of drug-likeness (QED) is 0.742. The Morgan fingerprint density at radius 2 is 1.85 bits per heavy atom. The van der Waals surface area contributed by atoms with Crippen LogP contribution in [0.25, 0.3) is 0 Å². The number of ether oxygens (including phenoxy) is 1. The summed E-state index contributed by atoms with van der Waals surface area (Å²) < 4.78 is 18.9. The van der Waals surface area contributed by atoms with Crippen molar-refractivity contribution in [1.29, 1.82) is 0 Å². The number of likely N-dealkylation sites (N-methyl/N-ethyl adjacent to an activating group) is 1. The molecule has 0 heterocycles. The molecule has 7 heteroatoms. The van der Waals surface area contributed by atoms with E-state index < -0.39 is 17.3 Å². The molecule has 0 bridgehead atoms. The van der Waals surface area contributed by atoms with Crippen LogP contribution in [0.15, 0.2) is 42.5 Å². The van der Waals surface area contributed by atoms with Crippen LogP contribution >= 0.6 is 0 Å². The monoisotopic (exact) mass is 374 g/mol. The number of carbonyl (C=O) groups is 2. The molecule has 0 saturated heterocycles. The van der Waals surface area contributed by atoms with Crippen LogP contribution in [0.1, 0.15) is 27.5 Å². The van der Waals surface area contributed by atoms with E-state index in [2.05, 4.69) is 5.32 Å². The normalized spacial score (nSPS) is 11.9. The van der Waals surface area contributed by atoms with E-state index in [1.54, 1.807) is 7.11 Å². The summed E-state index contributed by atoms with van der Waals surface area (Å²) in [6, 6.07) is 11.3. The van der Waals surface area contributed by atoms with Crippen molar-refractivity contribution in [2.75, 3.05) is 27.7 Å². The van der Waals surface area contributed by atoms with Gasteiger partial charge in [-0.15, -0.1) is 0 Å². The van der Waals surface area contributed by atoms with Gasteiger partial charge in [-0.2, -0.15) is 0 Å². The summed E-state index contributed by atoms with van der Waals surface area (Å²) in [4.78, 5) is 25.0. The van der Waals surface area contributed by atoms with Crippen molar-refractivity contribution in [1.82, 2.24) is 10.2 Å². The van der Waals surface area contributed by atoms with Gasteiger partial charge in [0.15, 0.2) is 0 Å². The predicted octanol–water partition coefficient (Wildman–Crippen LogP) is 2.49. The van der Waals surface area contributed by atoms with Crippen molar-refractivity contribution >= 4 is 11.9 Å². The maximum Gasteiger partial charge on any atom is 0.338 e. The number of rotatable bonds is 8. The predicted molar refractivity (Wildman–Crippen MR) is 99.5 cm³/mol. The van der Waals surface area contributed by atoms with E-state index in [0.717, 1.165) is 17.4 Å². The van der Waals surface area contributed by atoms with Gasteiger partial charge in [0.05, 0.1) is 25.1 Å². The van der Waals surface area contributed by atoms with Crippen LogP contribution < -0.4 is 10.1 Å². The highest BCUT2D eigenvalue weighted by Gasteiger charge is 2.16. The van der Waals surface area contributed by atoms with Gasteiger partial charge in [-0.25, -0.2) is 9.18 Å². The molecule has 0 aliphatic carbocycles. The molecule has 6 nitrogen and oxygen atoms in total. The van der Waals surface area contributed by atoms with Crippen LogP contribution in [-0.2, 0) is 11.2 Å². The van der Waals surface area contributed by atoms with Gasteiger partial charge < -0.3 is 20.1 Å². The first-order valence-electron chi connectivity index (χ1n) is 8.40. The molecule has 0 fully saturated rings. The lowest BCUT2D eigenvalue weighted by atomic mass is 10.1. The van der Waals surface area contributed by atoms with Gasteiger partial charge in [0.25, 0.3) is 0 Å². The molecule has 2 N–H and O–H groups in total. The molecule has 27 heavy (non-hydrogen) atoms. The molecule has 0 aromatic heterocycles. The van der Waals surface area contributed by atoms with Crippen LogP contribution in [0.4, 0.5) is 4.39 Å². The van der Waals surface area contributed by atoms with Crippen molar-refractivity contribution in [2.45, 2.75) is 12.5 Å². The van der Waals surface area contributed by atoms with Crippen LogP contribution in [0.3, 0.4) is 0 Å². The average molecular weight is 374 g/mol. The summed E-state index contributed by atoms with van der Waals surface area (Å²) in [5.41, 5.74) is 1.03. The van der Waals surface area contributed by atoms with Crippen LogP contribution in [0.2, 0.25) is 0 Å². The second-order valence-electron chi connectivity index (χ2n) is 6.35. The third kappa shape index (κ3) is 5.52. The molecular formula is C20H23FN2O4. The summed E-state index contributed by atoms with van der Waals surface area (Å²) in [6.07, 6.45) is -0.0282. The van der Waals surface area contributed by atoms with Gasteiger partial charge in [0.1, 0.15) is 11.6 Å². The minimum atomic E-state index is -1.34. The molecule has 1 amide bonds. The van der Waals surface area contributed by atoms with Gasteiger partial charge in [-0.05, 0) is 49.5 Å². The van der Waals surface area contributed by atoms with E-state index in [-0.39, 0.29) is 18.4 Å². The standard InChI is InChI=1S/C20H23FN2O4/c1-23(2)18(14-5-7-15(27-3)8-6-14)12-22-19(24)11-13-4-9-16(20(25)26)17(21)10-13/h4-10,18H,11-12H2,1-3H3,(H,22,24)(H,25,26). The minimum absolute atomic E-state index is 0.0282. The first kappa shape index (κ1) is 20.4. The molecule has 0 aliphatic rings. The van der Waals surface area contributed by atoms with Gasteiger partial charge in [0, 0.05) is 6.54 Å². The Morgan fingerprint density at radius 1 is 1.19 bits per heavy atom. The Balaban J connectivity index is 1.99.